The predicted molar refractivity (Wildman–Crippen MR) is 110 cm³/mol. The topological polar surface area (TPSA) is 62.5 Å². The Kier molecular flexibility index (Phi) is 6.82. The lowest BCUT2D eigenvalue weighted by Crippen LogP contribution is -2.35. The molecule has 1 saturated heterocycles. The van der Waals surface area contributed by atoms with Crippen molar-refractivity contribution in [2.24, 2.45) is 0 Å². The zero-order valence-corrected chi connectivity index (χ0v) is 16.2. The zero-order chi connectivity index (χ0) is 19.1. The summed E-state index contributed by atoms with van der Waals surface area (Å²) in [6.45, 7) is 6.35. The Morgan fingerprint density at radius 3 is 2.67 bits per heavy atom. The molecule has 1 aliphatic heterocycles. The first-order chi connectivity index (χ1) is 13.2. The van der Waals surface area contributed by atoms with Gasteiger partial charge in [-0.25, -0.2) is 4.98 Å². The lowest BCUT2D eigenvalue weighted by molar-refractivity contribution is 0.0761. The van der Waals surface area contributed by atoms with E-state index in [1.165, 1.54) is 18.4 Å². The van der Waals surface area contributed by atoms with Gasteiger partial charge in [0.1, 0.15) is 5.82 Å². The van der Waals surface area contributed by atoms with Crippen molar-refractivity contribution in [3.05, 3.63) is 59.3 Å². The Morgan fingerprint density at radius 2 is 1.93 bits per heavy atom. The van der Waals surface area contributed by atoms with Gasteiger partial charge in [-0.15, -0.1) is 0 Å². The molecule has 2 N–H and O–H groups in total. The maximum atomic E-state index is 12.9. The number of pyridine rings is 1. The largest absolute Gasteiger partial charge is 0.383 e. The van der Waals surface area contributed by atoms with E-state index in [0.717, 1.165) is 56.7 Å². The second kappa shape index (κ2) is 9.51. The van der Waals surface area contributed by atoms with Crippen molar-refractivity contribution >= 4 is 11.7 Å². The molecular weight excluding hydrogens is 336 g/mol. The van der Waals surface area contributed by atoms with Gasteiger partial charge < -0.3 is 10.6 Å². The van der Waals surface area contributed by atoms with Crippen LogP contribution >= 0.6 is 0 Å². The van der Waals surface area contributed by atoms with E-state index in [2.05, 4.69) is 28.9 Å². The number of carbonyl (C=O) groups is 1. The molecule has 1 amide bonds. The van der Waals surface area contributed by atoms with E-state index in [0.29, 0.717) is 5.82 Å². The van der Waals surface area contributed by atoms with Gasteiger partial charge in [-0.2, -0.15) is 0 Å². The molecule has 5 nitrogen and oxygen atoms in total. The average Bonchev–Trinajstić information content (AvgIpc) is 2.93. The molecule has 2 heterocycles. The fraction of sp³-hybridized carbons (Fsp3) is 0.455. The summed E-state index contributed by atoms with van der Waals surface area (Å²) in [6.07, 6.45) is 6.16. The molecule has 144 valence electrons. The maximum Gasteiger partial charge on any atom is 0.253 e. The molecule has 0 atom stereocenters. The third-order valence-corrected chi connectivity index (χ3v) is 5.22. The van der Waals surface area contributed by atoms with Crippen molar-refractivity contribution in [2.75, 3.05) is 31.9 Å². The molecular formula is C22H30N4O. The van der Waals surface area contributed by atoms with Gasteiger partial charge in [-0.3, -0.25) is 9.69 Å². The molecule has 2 aromatic rings. The Labute approximate surface area is 162 Å². The van der Waals surface area contributed by atoms with Gasteiger partial charge >= 0.3 is 0 Å². The minimum Gasteiger partial charge on any atom is -0.383 e. The highest BCUT2D eigenvalue weighted by Gasteiger charge is 2.20. The number of benzene rings is 1. The summed E-state index contributed by atoms with van der Waals surface area (Å²) in [5.74, 6) is 0.734. The highest BCUT2D eigenvalue weighted by Crippen LogP contribution is 2.15. The van der Waals surface area contributed by atoms with Crippen molar-refractivity contribution in [1.82, 2.24) is 14.8 Å². The summed E-state index contributed by atoms with van der Waals surface area (Å²) in [7, 11) is 0. The lowest BCUT2D eigenvalue weighted by Gasteiger charge is -2.22. The Hall–Kier alpha value is -2.40. The fourth-order valence-electron chi connectivity index (χ4n) is 3.54. The number of hydrogen-bond acceptors (Lipinski definition) is 4. The molecule has 0 aliphatic carbocycles. The maximum absolute atomic E-state index is 12.9. The Balaban J connectivity index is 1.57. The van der Waals surface area contributed by atoms with Gasteiger partial charge in [-0.1, -0.05) is 31.5 Å². The third-order valence-electron chi connectivity index (χ3n) is 5.22. The van der Waals surface area contributed by atoms with Crippen LogP contribution < -0.4 is 5.73 Å². The number of hydrogen-bond donors (Lipinski definition) is 1. The summed E-state index contributed by atoms with van der Waals surface area (Å²) in [5.41, 5.74) is 9.13. The predicted octanol–water partition coefficient (Wildman–Crippen LogP) is 3.35. The summed E-state index contributed by atoms with van der Waals surface area (Å²) >= 11 is 0. The van der Waals surface area contributed by atoms with Crippen LogP contribution in [0.5, 0.6) is 0 Å². The molecule has 0 spiro atoms. The van der Waals surface area contributed by atoms with Crippen LogP contribution in [0.4, 0.5) is 5.82 Å². The molecule has 1 aromatic heterocycles. The Morgan fingerprint density at radius 1 is 1.11 bits per heavy atom. The minimum atomic E-state index is 0.139. The number of nitrogen functional groups attached to an aromatic ring is 1. The van der Waals surface area contributed by atoms with E-state index in [1.807, 2.05) is 29.2 Å². The normalized spacial score (nSPS) is 15.5. The van der Waals surface area contributed by atoms with E-state index >= 15 is 0 Å². The number of carbonyl (C=O) groups excluding carboxylic acids is 1. The van der Waals surface area contributed by atoms with Gasteiger partial charge in [0.05, 0.1) is 0 Å². The third kappa shape index (κ3) is 5.30. The minimum absolute atomic E-state index is 0.139. The SMILES string of the molecule is CCCCc1ccc(C(=O)N2CCCN(Cc3cccnc3N)CC2)cc1. The molecule has 27 heavy (non-hydrogen) atoms. The molecule has 0 bridgehead atoms. The van der Waals surface area contributed by atoms with Crippen molar-refractivity contribution in [3.8, 4) is 0 Å². The van der Waals surface area contributed by atoms with Crippen LogP contribution in [-0.4, -0.2) is 46.9 Å². The monoisotopic (exact) mass is 366 g/mol. The highest BCUT2D eigenvalue weighted by molar-refractivity contribution is 5.94. The quantitative estimate of drug-likeness (QED) is 0.851. The summed E-state index contributed by atoms with van der Waals surface area (Å²) in [6, 6.07) is 12.1. The number of aryl methyl sites for hydroxylation is 1. The van der Waals surface area contributed by atoms with Crippen LogP contribution in [0.1, 0.15) is 47.7 Å². The first kappa shape index (κ1) is 19.4. The fourth-order valence-corrected chi connectivity index (χ4v) is 3.54. The molecule has 5 heteroatoms. The second-order valence-corrected chi connectivity index (χ2v) is 7.27. The standard InChI is InChI=1S/C22H30N4O/c1-2-3-6-18-8-10-19(11-9-18)22(27)26-14-5-13-25(15-16-26)17-20-7-4-12-24-21(20)23/h4,7-12H,2-3,5-6,13-17H2,1H3,(H2,23,24). The second-order valence-electron chi connectivity index (χ2n) is 7.27. The van der Waals surface area contributed by atoms with Gasteiger partial charge in [0, 0.05) is 50.0 Å². The van der Waals surface area contributed by atoms with Crippen molar-refractivity contribution < 1.29 is 4.79 Å². The number of nitrogens with two attached hydrogens (primary N) is 1. The van der Waals surface area contributed by atoms with Crippen LogP contribution in [0, 0.1) is 0 Å². The van der Waals surface area contributed by atoms with Crippen LogP contribution in [0.3, 0.4) is 0 Å². The van der Waals surface area contributed by atoms with Crippen LogP contribution in [0.25, 0.3) is 0 Å². The molecule has 0 saturated carbocycles. The van der Waals surface area contributed by atoms with E-state index in [-0.39, 0.29) is 5.91 Å². The molecule has 1 fully saturated rings. The van der Waals surface area contributed by atoms with Crippen LogP contribution in [-0.2, 0) is 13.0 Å². The first-order valence-electron chi connectivity index (χ1n) is 9.97. The van der Waals surface area contributed by atoms with Crippen molar-refractivity contribution in [1.29, 1.82) is 0 Å². The van der Waals surface area contributed by atoms with E-state index in [9.17, 15) is 4.79 Å². The summed E-state index contributed by atoms with van der Waals surface area (Å²) < 4.78 is 0. The Bertz CT molecular complexity index is 744. The molecule has 1 aliphatic rings. The van der Waals surface area contributed by atoms with Gasteiger partial charge in [-0.05, 0) is 43.0 Å². The highest BCUT2D eigenvalue weighted by atomic mass is 16.2. The molecule has 0 radical (unpaired) electrons. The van der Waals surface area contributed by atoms with E-state index in [4.69, 9.17) is 5.73 Å². The number of aromatic nitrogens is 1. The smallest absolute Gasteiger partial charge is 0.253 e. The van der Waals surface area contributed by atoms with Gasteiger partial charge in [0.2, 0.25) is 0 Å². The molecule has 1 aromatic carbocycles. The van der Waals surface area contributed by atoms with Gasteiger partial charge in [0.15, 0.2) is 0 Å². The van der Waals surface area contributed by atoms with E-state index < -0.39 is 0 Å². The molecule has 0 unspecified atom stereocenters. The van der Waals surface area contributed by atoms with Gasteiger partial charge in [0.25, 0.3) is 5.91 Å². The van der Waals surface area contributed by atoms with Crippen molar-refractivity contribution in [3.63, 3.8) is 0 Å². The van der Waals surface area contributed by atoms with E-state index in [1.54, 1.807) is 6.20 Å². The number of unbranched alkanes of at least 4 members (excludes halogenated alkanes) is 1. The lowest BCUT2D eigenvalue weighted by atomic mass is 10.1. The summed E-state index contributed by atoms with van der Waals surface area (Å²) in [5, 5.41) is 0. The molecule has 3 rings (SSSR count). The number of anilines is 1. The van der Waals surface area contributed by atoms with Crippen molar-refractivity contribution in [2.45, 2.75) is 39.2 Å². The zero-order valence-electron chi connectivity index (χ0n) is 16.2. The first-order valence-corrected chi connectivity index (χ1v) is 9.97. The summed E-state index contributed by atoms with van der Waals surface area (Å²) in [4.78, 5) is 21.4. The van der Waals surface area contributed by atoms with Crippen LogP contribution in [0.15, 0.2) is 42.6 Å². The average molecular weight is 367 g/mol. The number of rotatable bonds is 6. The van der Waals surface area contributed by atoms with Crippen LogP contribution in [0.2, 0.25) is 0 Å². The number of nitrogens with zero attached hydrogens (tertiary/aromatic N) is 3. The number of amides is 1.